The van der Waals surface area contributed by atoms with Crippen LogP contribution in [0.3, 0.4) is 0 Å². The first-order valence-corrected chi connectivity index (χ1v) is 12.1. The molecule has 61 heavy (non-hydrogen) atoms. The topological polar surface area (TPSA) is 195 Å². The Kier molecular flexibility index (Phi) is 87.1. The fraction of sp³-hybridized carbons (Fsp3) is 1.00. The van der Waals surface area contributed by atoms with Crippen molar-refractivity contribution >= 4 is 0 Å². The molecule has 0 rings (SSSR count). The van der Waals surface area contributed by atoms with E-state index in [9.17, 15) is 88.2 Å². The lowest BCUT2D eigenvalue weighted by atomic mass is 10.4. The highest BCUT2D eigenvalue weighted by Gasteiger charge is 2.67. The number of aliphatic hydroxyl groups is 6. The van der Waals surface area contributed by atoms with Crippen molar-refractivity contribution in [2.24, 2.45) is 0 Å². The van der Waals surface area contributed by atoms with E-state index >= 15 is 0 Å². The lowest BCUT2D eigenvalue weighted by Crippen LogP contribution is -2.48. The molecule has 0 aromatic carbocycles. The molecular weight excluding hydrogens is 928 g/mol. The van der Waals surface area contributed by atoms with E-state index in [1.54, 1.807) is 0 Å². The number of halogens is 20. The second-order valence-corrected chi connectivity index (χ2v) is 7.10. The van der Waals surface area contributed by atoms with Gasteiger partial charge in [-0.2, -0.15) is 40.1 Å². The molecule has 2 atom stereocenters. The molecule has 0 aromatic rings. The van der Waals surface area contributed by atoms with Gasteiger partial charge in [0.15, 0.2) is 20.6 Å². The Morgan fingerprint density at radius 3 is 0.869 bits per heavy atom. The minimum absolute atomic E-state index is 0. The normalized spacial score (nSPS) is 11.5. The van der Waals surface area contributed by atoms with Gasteiger partial charge in [0.05, 0.1) is 33.0 Å². The fourth-order valence-corrected chi connectivity index (χ4v) is 1.15. The summed E-state index contributed by atoms with van der Waals surface area (Å²) >= 11 is 0. The Labute approximate surface area is 340 Å². The zero-order valence-corrected chi connectivity index (χ0v) is 25.4. The maximum absolute atomic E-state index is 12.0. The molecule has 34 heteroatoms. The molecule has 394 valence electrons. The Hall–Kier alpha value is -1.96. The lowest BCUT2D eigenvalue weighted by Gasteiger charge is -2.25. The van der Waals surface area contributed by atoms with Crippen LogP contribution in [0, 0.1) is 0 Å². The highest BCUT2D eigenvalue weighted by Crippen LogP contribution is 2.41. The monoisotopic (exact) mass is 990 g/mol. The third-order valence-electron chi connectivity index (χ3n) is 3.10. The summed E-state index contributed by atoms with van der Waals surface area (Å²) < 4.78 is 243. The minimum atomic E-state index is -6.04. The van der Waals surface area contributed by atoms with Gasteiger partial charge in [-0.05, 0) is 13.6 Å². The number of alkyl halides is 17. The Balaban J connectivity index is -0.0000000376. The average molecular weight is 991 g/mol. The average Bonchev–Trinajstić information content (AvgIpc) is 3.04. The second-order valence-electron chi connectivity index (χ2n) is 7.10. The Bertz CT molecular complexity index is 747. The first-order chi connectivity index (χ1) is 24.1. The van der Waals surface area contributed by atoms with Crippen LogP contribution < -0.4 is 0 Å². The summed E-state index contributed by atoms with van der Waals surface area (Å²) in [5.41, 5.74) is 0. The smallest absolute Gasteiger partial charge is 0.394 e. The van der Waals surface area contributed by atoms with Crippen molar-refractivity contribution in [3.8, 4) is 0 Å². The molecule has 0 aliphatic rings. The summed E-state index contributed by atoms with van der Waals surface area (Å²) in [5, 5.41) is 47.4. The van der Waals surface area contributed by atoms with Crippen molar-refractivity contribution in [1.82, 2.24) is 0 Å². The van der Waals surface area contributed by atoms with Crippen molar-refractivity contribution < 1.29 is 157 Å². The molecule has 14 nitrogen and oxygen atoms in total. The van der Waals surface area contributed by atoms with Crippen molar-refractivity contribution in [1.29, 1.82) is 0 Å². The van der Waals surface area contributed by atoms with E-state index in [1.807, 2.05) is 0 Å². The zero-order valence-electron chi connectivity index (χ0n) is 25.4. The number of hydrogen-bond donors (Lipinski definition) is 6. The number of rotatable bonds is 21. The third-order valence-corrected chi connectivity index (χ3v) is 3.10. The van der Waals surface area contributed by atoms with Gasteiger partial charge in [-0.25, -0.2) is 31.4 Å². The zero-order chi connectivity index (χ0) is 43.6. The van der Waals surface area contributed by atoms with Gasteiger partial charge in [0.1, 0.15) is 32.2 Å². The standard InChI is InChI=1S/C5H11FO3.2C4H2F8O3.C3H7FO3.C2H5FO.CH3FO.8CH4/c6-1-2-9-4-5(8)3-7;2*5-1-13-4(10,11)14-2(6,7)3(8,9)15-12;4-7-2-3(6)1-5;3-1-2-4;2-1-3;;;;;;;;/h5,7-8H,1-4H2;2*1H2;3,5-6H,1-2H2;4H,1-2H2;3H,1H2;8*1H4. The summed E-state index contributed by atoms with van der Waals surface area (Å²) in [6.07, 6.45) is -36.7. The van der Waals surface area contributed by atoms with Gasteiger partial charge in [0.2, 0.25) is 0 Å². The molecule has 0 aromatic heterocycles. The van der Waals surface area contributed by atoms with Gasteiger partial charge in [-0.3, -0.25) is 9.47 Å². The summed E-state index contributed by atoms with van der Waals surface area (Å²) in [6, 6.07) is 0. The van der Waals surface area contributed by atoms with Crippen LogP contribution in [0.2, 0.25) is 0 Å². The molecular formula is C27H62F20O14. The number of aliphatic hydroxyl groups excluding tert-OH is 6. The molecule has 0 heterocycles. The van der Waals surface area contributed by atoms with E-state index in [1.165, 1.54) is 9.88 Å². The van der Waals surface area contributed by atoms with Crippen molar-refractivity contribution in [3.05, 3.63) is 0 Å². The highest BCUT2D eigenvalue weighted by atomic mass is 19.4. The second kappa shape index (κ2) is 54.2. The van der Waals surface area contributed by atoms with Gasteiger partial charge in [0.25, 0.3) is 0 Å². The molecule has 0 radical (unpaired) electrons. The predicted octanol–water partition coefficient (Wildman–Crippen LogP) is 8.68. The van der Waals surface area contributed by atoms with Crippen LogP contribution >= 0.6 is 0 Å². The first kappa shape index (κ1) is 98.0. The molecule has 0 amide bonds. The van der Waals surface area contributed by atoms with E-state index < -0.39 is 96.4 Å². The largest absolute Gasteiger partial charge is 0.492 e. The molecule has 0 aliphatic heterocycles. The molecule has 6 N–H and O–H groups in total. The lowest BCUT2D eigenvalue weighted by molar-refractivity contribution is -0.548. The molecule has 0 saturated carbocycles. The maximum atomic E-state index is 12.0. The number of ether oxygens (including phenoxy) is 5. The van der Waals surface area contributed by atoms with E-state index in [-0.39, 0.29) is 85.8 Å². The summed E-state index contributed by atoms with van der Waals surface area (Å²) in [6.45, 7) is -8.64. The van der Waals surface area contributed by atoms with Crippen LogP contribution in [-0.2, 0) is 38.5 Å². The first-order valence-electron chi connectivity index (χ1n) is 12.1. The molecule has 0 fully saturated rings. The van der Waals surface area contributed by atoms with Gasteiger partial charge >= 0.3 is 37.0 Å². The van der Waals surface area contributed by atoms with E-state index in [0.29, 0.717) is 0 Å². The van der Waals surface area contributed by atoms with Crippen molar-refractivity contribution in [3.63, 3.8) is 0 Å². The summed E-state index contributed by atoms with van der Waals surface area (Å²) in [5.74, 6) is 0. The van der Waals surface area contributed by atoms with Crippen LogP contribution in [0.15, 0.2) is 0 Å². The molecule has 0 aliphatic carbocycles. The van der Waals surface area contributed by atoms with Gasteiger partial charge in [-0.15, -0.1) is 27.4 Å². The van der Waals surface area contributed by atoms with E-state index in [2.05, 4.69) is 28.6 Å². The molecule has 0 saturated heterocycles. The highest BCUT2D eigenvalue weighted by molar-refractivity contribution is 4.66. The molecule has 0 spiro atoms. The van der Waals surface area contributed by atoms with Gasteiger partial charge in [0, 0.05) is 0 Å². The minimum Gasteiger partial charge on any atom is -0.394 e. The summed E-state index contributed by atoms with van der Waals surface area (Å²) in [4.78, 5) is 5.86. The van der Waals surface area contributed by atoms with Crippen LogP contribution in [0.25, 0.3) is 0 Å². The van der Waals surface area contributed by atoms with Crippen LogP contribution in [0.1, 0.15) is 59.4 Å². The Morgan fingerprint density at radius 1 is 0.443 bits per heavy atom. The predicted molar refractivity (Wildman–Crippen MR) is 175 cm³/mol. The Morgan fingerprint density at radius 2 is 0.705 bits per heavy atom. The third kappa shape index (κ3) is 60.2. The maximum Gasteiger partial charge on any atom is 0.492 e. The summed E-state index contributed by atoms with van der Waals surface area (Å²) in [7, 11) is 0. The fourth-order valence-electron chi connectivity index (χ4n) is 1.15. The van der Waals surface area contributed by atoms with E-state index in [4.69, 9.17) is 30.6 Å². The van der Waals surface area contributed by atoms with E-state index in [0.717, 1.165) is 0 Å². The molecule has 2 unspecified atom stereocenters. The van der Waals surface area contributed by atoms with Crippen LogP contribution in [0.5, 0.6) is 0 Å². The quantitative estimate of drug-likeness (QED) is 0.0363. The van der Waals surface area contributed by atoms with Crippen molar-refractivity contribution in [2.75, 3.05) is 73.6 Å². The molecule has 0 bridgehead atoms. The van der Waals surface area contributed by atoms with Crippen LogP contribution in [-0.4, -0.2) is 153 Å². The van der Waals surface area contributed by atoms with Crippen molar-refractivity contribution in [2.45, 2.75) is 109 Å². The van der Waals surface area contributed by atoms with Gasteiger partial charge in [-0.1, -0.05) is 59.4 Å². The van der Waals surface area contributed by atoms with Crippen LogP contribution in [0.4, 0.5) is 88.2 Å². The van der Waals surface area contributed by atoms with Gasteiger partial charge < -0.3 is 35.4 Å². The number of hydrogen-bond acceptors (Lipinski definition) is 14. The SMILES string of the molecule is C.C.C.C.C.C.C.C.FCOC(F)(F)OC(F)(F)C(F)(F)OF.FCOC(F)(F)OC(F)(F)C(F)(F)OF.OCC(O)COCCF.OCC(O)COF.OCCF.OCF.